The molecule has 2 N–H and O–H groups in total. The molecule has 0 radical (unpaired) electrons. The number of halogens is 1. The molecule has 1 atom stereocenters. The van der Waals surface area contributed by atoms with E-state index in [1.807, 2.05) is 36.4 Å². The van der Waals surface area contributed by atoms with E-state index in [-0.39, 0.29) is 11.8 Å². The van der Waals surface area contributed by atoms with E-state index in [1.165, 1.54) is 18.9 Å². The van der Waals surface area contributed by atoms with E-state index >= 15 is 0 Å². The first-order valence-electron chi connectivity index (χ1n) is 10.6. The number of amides is 2. The van der Waals surface area contributed by atoms with Gasteiger partial charge in [-0.05, 0) is 61.1 Å². The lowest BCUT2D eigenvalue weighted by molar-refractivity contribution is -0.121. The van der Waals surface area contributed by atoms with Crippen molar-refractivity contribution in [1.82, 2.24) is 10.2 Å². The fraction of sp³-hybridized carbons (Fsp3) is 0.417. The van der Waals surface area contributed by atoms with Gasteiger partial charge in [-0.2, -0.15) is 0 Å². The predicted molar refractivity (Wildman–Crippen MR) is 121 cm³/mol. The fourth-order valence-electron chi connectivity index (χ4n) is 3.94. The van der Waals surface area contributed by atoms with Crippen LogP contribution in [0.15, 0.2) is 48.5 Å². The maximum Gasteiger partial charge on any atom is 0.221 e. The van der Waals surface area contributed by atoms with Crippen molar-refractivity contribution < 1.29 is 9.59 Å². The smallest absolute Gasteiger partial charge is 0.221 e. The Balaban J connectivity index is 1.40. The average molecular weight is 428 g/mol. The molecule has 0 saturated carbocycles. The summed E-state index contributed by atoms with van der Waals surface area (Å²) in [6.07, 6.45) is 3.80. The number of rotatable bonds is 8. The van der Waals surface area contributed by atoms with E-state index in [0.29, 0.717) is 23.9 Å². The molecule has 1 unspecified atom stereocenters. The van der Waals surface area contributed by atoms with E-state index in [4.69, 9.17) is 11.6 Å². The lowest BCUT2D eigenvalue weighted by Crippen LogP contribution is -2.35. The summed E-state index contributed by atoms with van der Waals surface area (Å²) in [6.45, 7) is 4.99. The lowest BCUT2D eigenvalue weighted by Gasteiger charge is -2.32. The van der Waals surface area contributed by atoms with Crippen LogP contribution in [-0.2, 0) is 22.7 Å². The van der Waals surface area contributed by atoms with E-state index < -0.39 is 0 Å². The van der Waals surface area contributed by atoms with E-state index in [9.17, 15) is 9.59 Å². The summed E-state index contributed by atoms with van der Waals surface area (Å²) in [6, 6.07) is 15.6. The van der Waals surface area contributed by atoms with Crippen LogP contribution < -0.4 is 10.6 Å². The number of piperidine rings is 1. The summed E-state index contributed by atoms with van der Waals surface area (Å²) in [7, 11) is 0. The van der Waals surface area contributed by atoms with E-state index in [1.54, 1.807) is 0 Å². The first-order valence-corrected chi connectivity index (χ1v) is 11.0. The number of carbonyl (C=O) groups excluding carboxylic acids is 2. The molecule has 0 aromatic heterocycles. The van der Waals surface area contributed by atoms with Crippen LogP contribution >= 0.6 is 11.6 Å². The van der Waals surface area contributed by atoms with Crippen molar-refractivity contribution in [1.29, 1.82) is 0 Å². The molecule has 0 aliphatic carbocycles. The zero-order valence-electron chi connectivity index (χ0n) is 17.5. The minimum atomic E-state index is -0.0578. The minimum Gasteiger partial charge on any atom is -0.352 e. The Morgan fingerprint density at radius 1 is 1.13 bits per heavy atom. The molecule has 5 nitrogen and oxygen atoms in total. The highest BCUT2D eigenvalue weighted by Gasteiger charge is 2.20. The third-order valence-electron chi connectivity index (χ3n) is 5.50. The molecule has 1 fully saturated rings. The van der Waals surface area contributed by atoms with Crippen LogP contribution in [0.3, 0.4) is 0 Å². The molecule has 3 rings (SSSR count). The highest BCUT2D eigenvalue weighted by molar-refractivity contribution is 6.31. The molecule has 2 aromatic carbocycles. The Morgan fingerprint density at radius 2 is 1.90 bits per heavy atom. The summed E-state index contributed by atoms with van der Waals surface area (Å²) >= 11 is 6.14. The number of hydrogen-bond acceptors (Lipinski definition) is 3. The topological polar surface area (TPSA) is 61.4 Å². The van der Waals surface area contributed by atoms with Gasteiger partial charge in [0.2, 0.25) is 11.8 Å². The molecule has 1 saturated heterocycles. The molecule has 1 aliphatic heterocycles. The summed E-state index contributed by atoms with van der Waals surface area (Å²) in [5.41, 5.74) is 3.01. The fourth-order valence-corrected chi connectivity index (χ4v) is 4.15. The first-order chi connectivity index (χ1) is 14.5. The van der Waals surface area contributed by atoms with Gasteiger partial charge in [0.1, 0.15) is 0 Å². The number of likely N-dealkylation sites (tertiary alicyclic amines) is 1. The van der Waals surface area contributed by atoms with Crippen LogP contribution in [0.1, 0.15) is 43.7 Å². The number of carbonyl (C=O) groups is 2. The Labute approximate surface area is 183 Å². The van der Waals surface area contributed by atoms with Gasteiger partial charge in [-0.15, -0.1) is 0 Å². The van der Waals surface area contributed by atoms with Gasteiger partial charge in [0, 0.05) is 43.7 Å². The maximum absolute atomic E-state index is 12.3. The lowest BCUT2D eigenvalue weighted by atomic mass is 9.93. The molecule has 160 valence electrons. The molecule has 2 amide bonds. The van der Waals surface area contributed by atoms with Crippen molar-refractivity contribution in [2.45, 2.75) is 45.7 Å². The number of nitrogens with one attached hydrogen (secondary N) is 2. The molecule has 0 bridgehead atoms. The molecule has 1 aliphatic rings. The molecule has 6 heteroatoms. The second kappa shape index (κ2) is 11.1. The van der Waals surface area contributed by atoms with Gasteiger partial charge in [-0.1, -0.05) is 41.9 Å². The third kappa shape index (κ3) is 7.15. The minimum absolute atomic E-state index is 0.0578. The monoisotopic (exact) mass is 427 g/mol. The third-order valence-corrected chi connectivity index (χ3v) is 5.87. The van der Waals surface area contributed by atoms with Gasteiger partial charge in [0.05, 0.1) is 0 Å². The quantitative estimate of drug-likeness (QED) is 0.646. The van der Waals surface area contributed by atoms with Crippen molar-refractivity contribution in [2.75, 3.05) is 18.4 Å². The van der Waals surface area contributed by atoms with Crippen molar-refractivity contribution in [3.8, 4) is 0 Å². The SMILES string of the molecule is CC(=O)Nc1ccc(CN2CCCC(CCC(=O)NCc3ccccc3Cl)C2)cc1. The number of benzene rings is 2. The van der Waals surface area contributed by atoms with Gasteiger partial charge in [0.15, 0.2) is 0 Å². The van der Waals surface area contributed by atoms with Crippen molar-refractivity contribution >= 4 is 29.1 Å². The predicted octanol–water partition coefficient (Wildman–Crippen LogP) is 4.61. The maximum atomic E-state index is 12.3. The number of hydrogen-bond donors (Lipinski definition) is 2. The second-order valence-corrected chi connectivity index (χ2v) is 8.44. The number of nitrogens with zero attached hydrogens (tertiary/aromatic N) is 1. The van der Waals surface area contributed by atoms with Crippen LogP contribution in [-0.4, -0.2) is 29.8 Å². The van der Waals surface area contributed by atoms with Crippen molar-refractivity contribution in [3.05, 3.63) is 64.7 Å². The summed E-state index contributed by atoms with van der Waals surface area (Å²) < 4.78 is 0. The largest absolute Gasteiger partial charge is 0.352 e. The van der Waals surface area contributed by atoms with Gasteiger partial charge < -0.3 is 10.6 Å². The number of anilines is 1. The molecule has 1 heterocycles. The molecule has 30 heavy (non-hydrogen) atoms. The van der Waals surface area contributed by atoms with Gasteiger partial charge in [-0.3, -0.25) is 14.5 Å². The Kier molecular flexibility index (Phi) is 8.29. The van der Waals surface area contributed by atoms with E-state index in [0.717, 1.165) is 43.7 Å². The Hall–Kier alpha value is -2.37. The van der Waals surface area contributed by atoms with Crippen LogP contribution in [0.2, 0.25) is 5.02 Å². The highest BCUT2D eigenvalue weighted by Crippen LogP contribution is 2.23. The van der Waals surface area contributed by atoms with Crippen LogP contribution in [0, 0.1) is 5.92 Å². The van der Waals surface area contributed by atoms with Crippen LogP contribution in [0.4, 0.5) is 5.69 Å². The van der Waals surface area contributed by atoms with E-state index in [2.05, 4.69) is 27.7 Å². The summed E-state index contributed by atoms with van der Waals surface area (Å²) in [5, 5.41) is 6.46. The van der Waals surface area contributed by atoms with Crippen molar-refractivity contribution in [2.24, 2.45) is 5.92 Å². The van der Waals surface area contributed by atoms with Gasteiger partial charge in [0.25, 0.3) is 0 Å². The van der Waals surface area contributed by atoms with Gasteiger partial charge in [-0.25, -0.2) is 0 Å². The van der Waals surface area contributed by atoms with Crippen molar-refractivity contribution in [3.63, 3.8) is 0 Å². The Bertz CT molecular complexity index is 854. The molecular formula is C24H30ClN3O2. The first kappa shape index (κ1) is 22.3. The molecule has 2 aromatic rings. The summed E-state index contributed by atoms with van der Waals surface area (Å²) in [5.74, 6) is 0.571. The highest BCUT2D eigenvalue weighted by atomic mass is 35.5. The summed E-state index contributed by atoms with van der Waals surface area (Å²) in [4.78, 5) is 25.8. The molecule has 0 spiro atoms. The average Bonchev–Trinajstić information content (AvgIpc) is 2.73. The Morgan fingerprint density at radius 3 is 2.63 bits per heavy atom. The van der Waals surface area contributed by atoms with Crippen LogP contribution in [0.25, 0.3) is 0 Å². The standard InChI is InChI=1S/C24H30ClN3O2/c1-18(29)27-22-11-8-20(9-12-22)17-28-14-4-5-19(16-28)10-13-24(30)26-15-21-6-2-3-7-23(21)25/h2-3,6-9,11-12,19H,4-5,10,13-17H2,1H3,(H,26,30)(H,27,29). The van der Waals surface area contributed by atoms with Crippen LogP contribution in [0.5, 0.6) is 0 Å². The zero-order valence-corrected chi connectivity index (χ0v) is 18.3. The van der Waals surface area contributed by atoms with Gasteiger partial charge >= 0.3 is 0 Å². The molecular weight excluding hydrogens is 398 g/mol. The zero-order chi connectivity index (χ0) is 21.3. The normalized spacial score (nSPS) is 16.8. The second-order valence-electron chi connectivity index (χ2n) is 8.03.